The molecule has 7 heteroatoms. The van der Waals surface area contributed by atoms with Gasteiger partial charge in [-0.15, -0.1) is 11.8 Å². The molecule has 0 heterocycles. The summed E-state index contributed by atoms with van der Waals surface area (Å²) in [6.07, 6.45) is 0. The number of benzene rings is 2. The standard InChI is InChI=1S/C17H18N2O4S/c1-13-4-2-3-5-16(13)23-11-10-18-17(20)12-24-15-8-6-14(7-9-15)19(21)22/h2-9H,10-12H2,1H3,(H,18,20). The molecule has 0 aliphatic carbocycles. The summed E-state index contributed by atoms with van der Waals surface area (Å²) in [7, 11) is 0. The quantitative estimate of drug-likeness (QED) is 0.344. The molecule has 0 atom stereocenters. The number of nitrogens with one attached hydrogen (secondary N) is 1. The van der Waals surface area contributed by atoms with Crippen LogP contribution < -0.4 is 10.1 Å². The Morgan fingerprint density at radius 1 is 1.21 bits per heavy atom. The van der Waals surface area contributed by atoms with E-state index in [0.717, 1.165) is 16.2 Å². The highest BCUT2D eigenvalue weighted by molar-refractivity contribution is 8.00. The van der Waals surface area contributed by atoms with Crippen molar-refractivity contribution < 1.29 is 14.5 Å². The van der Waals surface area contributed by atoms with Gasteiger partial charge >= 0.3 is 0 Å². The Morgan fingerprint density at radius 3 is 2.58 bits per heavy atom. The van der Waals surface area contributed by atoms with E-state index in [1.54, 1.807) is 12.1 Å². The molecule has 0 bridgehead atoms. The summed E-state index contributed by atoms with van der Waals surface area (Å²) in [6, 6.07) is 13.8. The second-order valence-electron chi connectivity index (χ2n) is 5.00. The Bertz CT molecular complexity index is 704. The van der Waals surface area contributed by atoms with Crippen LogP contribution in [0.4, 0.5) is 5.69 Å². The molecule has 1 amide bonds. The highest BCUT2D eigenvalue weighted by atomic mass is 32.2. The van der Waals surface area contributed by atoms with Crippen LogP contribution in [0.2, 0.25) is 0 Å². The molecular formula is C17H18N2O4S. The first-order chi connectivity index (χ1) is 11.6. The highest BCUT2D eigenvalue weighted by Crippen LogP contribution is 2.21. The summed E-state index contributed by atoms with van der Waals surface area (Å²) in [5.41, 5.74) is 1.09. The largest absolute Gasteiger partial charge is 0.491 e. The van der Waals surface area contributed by atoms with E-state index < -0.39 is 4.92 Å². The molecule has 2 aromatic carbocycles. The van der Waals surface area contributed by atoms with Crippen LogP contribution in [0.25, 0.3) is 0 Å². The zero-order valence-electron chi connectivity index (χ0n) is 13.2. The van der Waals surface area contributed by atoms with Crippen LogP contribution in [0.1, 0.15) is 5.56 Å². The number of ether oxygens (including phenoxy) is 1. The van der Waals surface area contributed by atoms with E-state index in [9.17, 15) is 14.9 Å². The van der Waals surface area contributed by atoms with Gasteiger partial charge in [-0.25, -0.2) is 0 Å². The van der Waals surface area contributed by atoms with E-state index >= 15 is 0 Å². The lowest BCUT2D eigenvalue weighted by atomic mass is 10.2. The maximum absolute atomic E-state index is 11.8. The molecule has 0 spiro atoms. The van der Waals surface area contributed by atoms with Gasteiger partial charge in [0.25, 0.3) is 5.69 Å². The molecule has 2 aromatic rings. The Labute approximate surface area is 144 Å². The average Bonchev–Trinajstić information content (AvgIpc) is 2.58. The summed E-state index contributed by atoms with van der Waals surface area (Å²) < 4.78 is 5.60. The first-order valence-electron chi connectivity index (χ1n) is 7.38. The lowest BCUT2D eigenvalue weighted by Gasteiger charge is -2.09. The number of amides is 1. The fraction of sp³-hybridized carbons (Fsp3) is 0.235. The molecule has 0 fully saturated rings. The molecular weight excluding hydrogens is 328 g/mol. The van der Waals surface area contributed by atoms with Crippen LogP contribution in [0, 0.1) is 17.0 Å². The van der Waals surface area contributed by atoms with Gasteiger partial charge in [0, 0.05) is 17.0 Å². The van der Waals surface area contributed by atoms with Gasteiger partial charge in [0.15, 0.2) is 0 Å². The maximum Gasteiger partial charge on any atom is 0.269 e. The molecule has 0 unspecified atom stereocenters. The van der Waals surface area contributed by atoms with Crippen molar-refractivity contribution in [3.8, 4) is 5.75 Å². The maximum atomic E-state index is 11.8. The summed E-state index contributed by atoms with van der Waals surface area (Å²) in [6.45, 7) is 2.79. The molecule has 0 aromatic heterocycles. The van der Waals surface area contributed by atoms with Crippen LogP contribution in [0.15, 0.2) is 53.4 Å². The minimum Gasteiger partial charge on any atom is -0.491 e. The van der Waals surface area contributed by atoms with Crippen LogP contribution in [-0.2, 0) is 4.79 Å². The van der Waals surface area contributed by atoms with Gasteiger partial charge in [0.2, 0.25) is 5.91 Å². The number of para-hydroxylation sites is 1. The smallest absolute Gasteiger partial charge is 0.269 e. The van der Waals surface area contributed by atoms with Gasteiger partial charge in [-0.2, -0.15) is 0 Å². The zero-order chi connectivity index (χ0) is 17.4. The van der Waals surface area contributed by atoms with Crippen molar-refractivity contribution in [1.82, 2.24) is 5.32 Å². The number of aryl methyl sites for hydroxylation is 1. The molecule has 1 N–H and O–H groups in total. The van der Waals surface area contributed by atoms with Crippen LogP contribution in [-0.4, -0.2) is 29.7 Å². The van der Waals surface area contributed by atoms with Crippen molar-refractivity contribution in [2.45, 2.75) is 11.8 Å². The molecule has 126 valence electrons. The summed E-state index contributed by atoms with van der Waals surface area (Å²) in [5, 5.41) is 13.4. The van der Waals surface area contributed by atoms with Crippen LogP contribution in [0.3, 0.4) is 0 Å². The van der Waals surface area contributed by atoms with Crippen molar-refractivity contribution in [3.05, 3.63) is 64.2 Å². The fourth-order valence-corrected chi connectivity index (χ4v) is 2.66. The minimum absolute atomic E-state index is 0.0390. The number of thioether (sulfide) groups is 1. The third-order valence-electron chi connectivity index (χ3n) is 3.19. The van der Waals surface area contributed by atoms with Gasteiger partial charge in [0.05, 0.1) is 17.2 Å². The first kappa shape index (κ1) is 17.8. The predicted octanol–water partition coefficient (Wildman–Crippen LogP) is 3.19. The zero-order valence-corrected chi connectivity index (χ0v) is 14.0. The lowest BCUT2D eigenvalue weighted by molar-refractivity contribution is -0.384. The number of carbonyl (C=O) groups is 1. The molecule has 0 aliphatic heterocycles. The van der Waals surface area contributed by atoms with Crippen LogP contribution in [0.5, 0.6) is 5.75 Å². The van der Waals surface area contributed by atoms with Gasteiger partial charge < -0.3 is 10.1 Å². The average molecular weight is 346 g/mol. The second kappa shape index (κ2) is 8.93. The Kier molecular flexibility index (Phi) is 6.62. The first-order valence-corrected chi connectivity index (χ1v) is 8.37. The molecule has 0 saturated heterocycles. The van der Waals surface area contributed by atoms with Gasteiger partial charge in [0.1, 0.15) is 12.4 Å². The number of nitro groups is 1. The summed E-state index contributed by atoms with van der Waals surface area (Å²) >= 11 is 1.33. The monoisotopic (exact) mass is 346 g/mol. The van der Waals surface area contributed by atoms with Gasteiger partial charge in [-0.05, 0) is 30.7 Å². The molecule has 6 nitrogen and oxygen atoms in total. The summed E-state index contributed by atoms with van der Waals surface area (Å²) in [5.74, 6) is 0.959. The number of hydrogen-bond donors (Lipinski definition) is 1. The van der Waals surface area contributed by atoms with Gasteiger partial charge in [-0.1, -0.05) is 18.2 Å². The minimum atomic E-state index is -0.449. The van der Waals surface area contributed by atoms with E-state index in [-0.39, 0.29) is 17.3 Å². The number of rotatable bonds is 8. The lowest BCUT2D eigenvalue weighted by Crippen LogP contribution is -2.29. The molecule has 0 saturated carbocycles. The van der Waals surface area contributed by atoms with E-state index in [1.807, 2.05) is 31.2 Å². The van der Waals surface area contributed by atoms with E-state index in [1.165, 1.54) is 23.9 Å². The van der Waals surface area contributed by atoms with Gasteiger partial charge in [-0.3, -0.25) is 14.9 Å². The molecule has 0 aliphatic rings. The molecule has 0 radical (unpaired) electrons. The van der Waals surface area contributed by atoms with Crippen LogP contribution >= 0.6 is 11.8 Å². The highest BCUT2D eigenvalue weighted by Gasteiger charge is 2.06. The second-order valence-corrected chi connectivity index (χ2v) is 6.05. The summed E-state index contributed by atoms with van der Waals surface area (Å²) in [4.78, 5) is 22.7. The number of non-ortho nitro benzene ring substituents is 1. The number of carbonyl (C=O) groups excluding carboxylic acids is 1. The van der Waals surface area contributed by atoms with Crippen molar-refractivity contribution in [3.63, 3.8) is 0 Å². The van der Waals surface area contributed by atoms with Crippen molar-refractivity contribution in [2.24, 2.45) is 0 Å². The number of hydrogen-bond acceptors (Lipinski definition) is 5. The third-order valence-corrected chi connectivity index (χ3v) is 4.20. The molecule has 2 rings (SSSR count). The van der Waals surface area contributed by atoms with Crippen molar-refractivity contribution in [1.29, 1.82) is 0 Å². The van der Waals surface area contributed by atoms with Crippen molar-refractivity contribution in [2.75, 3.05) is 18.9 Å². The van der Waals surface area contributed by atoms with E-state index in [2.05, 4.69) is 5.32 Å². The number of nitrogens with zero attached hydrogens (tertiary/aromatic N) is 1. The Morgan fingerprint density at radius 2 is 1.92 bits per heavy atom. The van der Waals surface area contributed by atoms with E-state index in [4.69, 9.17) is 4.74 Å². The SMILES string of the molecule is Cc1ccccc1OCCNC(=O)CSc1ccc([N+](=O)[O-])cc1. The third kappa shape index (κ3) is 5.58. The Hall–Kier alpha value is -2.54. The Balaban J connectivity index is 1.66. The number of nitro benzene ring substituents is 1. The van der Waals surface area contributed by atoms with Crippen molar-refractivity contribution >= 4 is 23.4 Å². The molecule has 24 heavy (non-hydrogen) atoms. The van der Waals surface area contributed by atoms with E-state index in [0.29, 0.717) is 13.2 Å². The fourth-order valence-electron chi connectivity index (χ4n) is 1.93. The topological polar surface area (TPSA) is 81.5 Å². The normalized spacial score (nSPS) is 10.2. The predicted molar refractivity (Wildman–Crippen MR) is 93.5 cm³/mol.